The first-order chi connectivity index (χ1) is 9.81. The van der Waals surface area contributed by atoms with Gasteiger partial charge in [0.15, 0.2) is 0 Å². The molecule has 0 radical (unpaired) electrons. The maximum Gasteiger partial charge on any atom is 0.0726 e. The van der Waals surface area contributed by atoms with Crippen LogP contribution >= 0.6 is 0 Å². The summed E-state index contributed by atoms with van der Waals surface area (Å²) in [6, 6.07) is 0. The van der Waals surface area contributed by atoms with Crippen molar-refractivity contribution >= 4 is 0 Å². The average molecular weight is 271 g/mol. The van der Waals surface area contributed by atoms with Gasteiger partial charge in [0.25, 0.3) is 0 Å². The first-order valence-corrected chi connectivity index (χ1v) is 7.27. The van der Waals surface area contributed by atoms with Gasteiger partial charge in [0.1, 0.15) is 0 Å². The fraction of sp³-hybridized carbons (Fsp3) is 0.533. The van der Waals surface area contributed by atoms with E-state index in [9.17, 15) is 0 Å². The topological polar surface area (TPSA) is 57.7 Å². The van der Waals surface area contributed by atoms with Crippen LogP contribution in [0.3, 0.4) is 0 Å². The predicted octanol–water partition coefficient (Wildman–Crippen LogP) is 1.96. The first kappa shape index (κ1) is 13.2. The second-order valence-electron chi connectivity index (χ2n) is 5.68. The van der Waals surface area contributed by atoms with Crippen molar-refractivity contribution in [1.29, 1.82) is 0 Å². The standard InChI is InChI=1S/C15H21N5/c1-12-8-18-19-15(12)7-13-3-2-6-20(10-13)11-14-9-16-4-5-17-14/h4-5,8-9,13H,2-3,6-7,10-11H2,1H3,(H,18,19)/t13-/m1/s1. The lowest BCUT2D eigenvalue weighted by atomic mass is 9.92. The van der Waals surface area contributed by atoms with E-state index >= 15 is 0 Å². The Morgan fingerprint density at radius 2 is 2.30 bits per heavy atom. The number of nitrogens with zero attached hydrogens (tertiary/aromatic N) is 4. The molecule has 0 saturated carbocycles. The molecular formula is C15H21N5. The molecular weight excluding hydrogens is 250 g/mol. The second-order valence-corrected chi connectivity index (χ2v) is 5.68. The zero-order valence-corrected chi connectivity index (χ0v) is 11.9. The fourth-order valence-corrected chi connectivity index (χ4v) is 2.97. The molecule has 0 bridgehead atoms. The van der Waals surface area contributed by atoms with Crippen LogP contribution in [0.15, 0.2) is 24.8 Å². The summed E-state index contributed by atoms with van der Waals surface area (Å²) in [6.07, 6.45) is 10.9. The van der Waals surface area contributed by atoms with Crippen LogP contribution in [0.5, 0.6) is 0 Å². The number of aromatic nitrogens is 4. The Kier molecular flexibility index (Phi) is 4.06. The minimum Gasteiger partial charge on any atom is -0.297 e. The molecule has 0 unspecified atom stereocenters. The van der Waals surface area contributed by atoms with Gasteiger partial charge in [0.2, 0.25) is 0 Å². The van der Waals surface area contributed by atoms with Crippen molar-refractivity contribution in [3.8, 4) is 0 Å². The number of nitrogens with one attached hydrogen (secondary N) is 1. The Morgan fingerprint density at radius 3 is 3.05 bits per heavy atom. The van der Waals surface area contributed by atoms with E-state index in [2.05, 4.69) is 32.0 Å². The Hall–Kier alpha value is -1.75. The van der Waals surface area contributed by atoms with Gasteiger partial charge in [-0.3, -0.25) is 20.0 Å². The fourth-order valence-electron chi connectivity index (χ4n) is 2.97. The van der Waals surface area contributed by atoms with E-state index in [1.807, 2.05) is 12.4 Å². The Bertz CT molecular complexity index is 536. The monoisotopic (exact) mass is 271 g/mol. The Morgan fingerprint density at radius 1 is 1.35 bits per heavy atom. The predicted molar refractivity (Wildman–Crippen MR) is 77.1 cm³/mol. The summed E-state index contributed by atoms with van der Waals surface area (Å²) >= 11 is 0. The Labute approximate surface area is 119 Å². The minimum absolute atomic E-state index is 0.708. The zero-order valence-electron chi connectivity index (χ0n) is 11.9. The molecule has 3 rings (SSSR count). The summed E-state index contributed by atoms with van der Waals surface area (Å²) in [5, 5.41) is 7.24. The highest BCUT2D eigenvalue weighted by molar-refractivity contribution is 5.14. The maximum atomic E-state index is 4.37. The molecule has 1 atom stereocenters. The van der Waals surface area contributed by atoms with Crippen LogP contribution in [0.2, 0.25) is 0 Å². The average Bonchev–Trinajstić information content (AvgIpc) is 2.86. The van der Waals surface area contributed by atoms with Gasteiger partial charge in [-0.1, -0.05) is 0 Å². The zero-order chi connectivity index (χ0) is 13.8. The van der Waals surface area contributed by atoms with Crippen molar-refractivity contribution in [3.05, 3.63) is 41.7 Å². The van der Waals surface area contributed by atoms with Crippen molar-refractivity contribution in [2.24, 2.45) is 5.92 Å². The van der Waals surface area contributed by atoms with Crippen molar-refractivity contribution in [3.63, 3.8) is 0 Å². The molecule has 5 nitrogen and oxygen atoms in total. The van der Waals surface area contributed by atoms with Gasteiger partial charge in [-0.25, -0.2) is 0 Å². The van der Waals surface area contributed by atoms with Crippen LogP contribution in [0, 0.1) is 12.8 Å². The van der Waals surface area contributed by atoms with E-state index in [1.54, 1.807) is 12.4 Å². The van der Waals surface area contributed by atoms with Gasteiger partial charge in [-0.05, 0) is 44.2 Å². The molecule has 0 spiro atoms. The number of aryl methyl sites for hydroxylation is 1. The lowest BCUT2D eigenvalue weighted by Crippen LogP contribution is -2.36. The van der Waals surface area contributed by atoms with E-state index in [1.165, 1.54) is 24.1 Å². The van der Waals surface area contributed by atoms with Crippen LogP contribution in [0.25, 0.3) is 0 Å². The molecule has 2 aromatic rings. The molecule has 20 heavy (non-hydrogen) atoms. The third-order valence-electron chi connectivity index (χ3n) is 4.03. The number of hydrogen-bond acceptors (Lipinski definition) is 4. The molecule has 1 aliphatic heterocycles. The molecule has 1 N–H and O–H groups in total. The van der Waals surface area contributed by atoms with Crippen molar-refractivity contribution in [1.82, 2.24) is 25.1 Å². The highest BCUT2D eigenvalue weighted by Gasteiger charge is 2.21. The van der Waals surface area contributed by atoms with Gasteiger partial charge < -0.3 is 0 Å². The third-order valence-corrected chi connectivity index (χ3v) is 4.03. The largest absolute Gasteiger partial charge is 0.297 e. The number of likely N-dealkylation sites (tertiary alicyclic amines) is 1. The molecule has 1 aliphatic rings. The lowest BCUT2D eigenvalue weighted by Gasteiger charge is -2.32. The normalized spacial score (nSPS) is 20.1. The second kappa shape index (κ2) is 6.13. The molecule has 106 valence electrons. The number of piperidine rings is 1. The van der Waals surface area contributed by atoms with Crippen molar-refractivity contribution in [2.45, 2.75) is 32.7 Å². The summed E-state index contributed by atoms with van der Waals surface area (Å²) in [7, 11) is 0. The maximum absolute atomic E-state index is 4.37. The number of rotatable bonds is 4. The minimum atomic E-state index is 0.708. The molecule has 5 heteroatoms. The Balaban J connectivity index is 1.58. The highest BCUT2D eigenvalue weighted by atomic mass is 15.1. The van der Waals surface area contributed by atoms with Crippen LogP contribution in [-0.4, -0.2) is 38.2 Å². The van der Waals surface area contributed by atoms with Gasteiger partial charge in [0.05, 0.1) is 11.9 Å². The van der Waals surface area contributed by atoms with Crippen LogP contribution in [0.1, 0.15) is 29.8 Å². The molecule has 0 aromatic carbocycles. The third kappa shape index (κ3) is 3.22. The van der Waals surface area contributed by atoms with Gasteiger partial charge in [0, 0.05) is 37.4 Å². The van der Waals surface area contributed by atoms with Crippen LogP contribution in [0.4, 0.5) is 0 Å². The van der Waals surface area contributed by atoms with E-state index in [0.29, 0.717) is 5.92 Å². The summed E-state index contributed by atoms with van der Waals surface area (Å²) in [5.41, 5.74) is 3.62. The molecule has 2 aromatic heterocycles. The van der Waals surface area contributed by atoms with E-state index in [0.717, 1.165) is 31.7 Å². The first-order valence-electron chi connectivity index (χ1n) is 7.27. The number of aromatic amines is 1. The summed E-state index contributed by atoms with van der Waals surface area (Å²) in [6.45, 7) is 5.33. The molecule has 0 aliphatic carbocycles. The summed E-state index contributed by atoms with van der Waals surface area (Å²) < 4.78 is 0. The molecule has 1 fully saturated rings. The van der Waals surface area contributed by atoms with Crippen LogP contribution < -0.4 is 0 Å². The molecule has 1 saturated heterocycles. The van der Waals surface area contributed by atoms with Crippen molar-refractivity contribution in [2.75, 3.05) is 13.1 Å². The van der Waals surface area contributed by atoms with Gasteiger partial charge >= 0.3 is 0 Å². The van der Waals surface area contributed by atoms with E-state index < -0.39 is 0 Å². The summed E-state index contributed by atoms with van der Waals surface area (Å²) in [5.74, 6) is 0.708. The van der Waals surface area contributed by atoms with Crippen molar-refractivity contribution < 1.29 is 0 Å². The van der Waals surface area contributed by atoms with E-state index in [4.69, 9.17) is 0 Å². The number of H-pyrrole nitrogens is 1. The lowest BCUT2D eigenvalue weighted by molar-refractivity contribution is 0.164. The molecule has 3 heterocycles. The van der Waals surface area contributed by atoms with Gasteiger partial charge in [-0.15, -0.1) is 0 Å². The SMILES string of the molecule is Cc1cn[nH]c1C[C@H]1CCCN(Cc2cnccn2)C1. The summed E-state index contributed by atoms with van der Waals surface area (Å²) in [4.78, 5) is 11.0. The smallest absolute Gasteiger partial charge is 0.0726 e. The number of hydrogen-bond donors (Lipinski definition) is 1. The van der Waals surface area contributed by atoms with Gasteiger partial charge in [-0.2, -0.15) is 5.10 Å². The molecule has 0 amide bonds. The quantitative estimate of drug-likeness (QED) is 0.923. The van der Waals surface area contributed by atoms with Crippen LogP contribution in [-0.2, 0) is 13.0 Å². The van der Waals surface area contributed by atoms with E-state index in [-0.39, 0.29) is 0 Å². The highest BCUT2D eigenvalue weighted by Crippen LogP contribution is 2.22.